The average Bonchev–Trinajstić information content (AvgIpc) is 2.33. The van der Waals surface area contributed by atoms with Crippen molar-refractivity contribution in [3.63, 3.8) is 0 Å². The van der Waals surface area contributed by atoms with Crippen LogP contribution in [0.25, 0.3) is 0 Å². The van der Waals surface area contributed by atoms with Crippen molar-refractivity contribution in [2.24, 2.45) is 0 Å². The van der Waals surface area contributed by atoms with Gasteiger partial charge in [-0.1, -0.05) is 0 Å². The van der Waals surface area contributed by atoms with Crippen LogP contribution in [0.3, 0.4) is 0 Å². The summed E-state index contributed by atoms with van der Waals surface area (Å²) in [6.07, 6.45) is 15.9. The fourth-order valence-electron chi connectivity index (χ4n) is 4.18. The second-order valence-corrected chi connectivity index (χ2v) is 14.3. The minimum absolute atomic E-state index is 0.888. The van der Waals surface area contributed by atoms with Gasteiger partial charge in [-0.25, -0.2) is 0 Å². The molecule has 0 unspecified atom stereocenters. The van der Waals surface area contributed by atoms with Crippen LogP contribution in [0.2, 0.25) is 13.9 Å². The second-order valence-electron chi connectivity index (χ2n) is 5.87. The van der Waals surface area contributed by atoms with Gasteiger partial charge in [-0.2, -0.15) is 0 Å². The molecule has 1 heteroatoms. The topological polar surface area (TPSA) is 0 Å². The molecular formula is C14H27Ga. The fraction of sp³-hybridized carbons (Fsp3) is 1.00. The third-order valence-corrected chi connectivity index (χ3v) is 14.8. The van der Waals surface area contributed by atoms with Crippen molar-refractivity contribution >= 4 is 16.2 Å². The van der Waals surface area contributed by atoms with Gasteiger partial charge in [-0.05, 0) is 0 Å². The SMILES string of the molecule is C[CH2][Ga]([CH]1CCCCC1)[CH]1CCCCC1. The second kappa shape index (κ2) is 6.39. The Morgan fingerprint density at radius 3 is 1.47 bits per heavy atom. The van der Waals surface area contributed by atoms with E-state index in [0.29, 0.717) is 0 Å². The molecule has 2 saturated carbocycles. The van der Waals surface area contributed by atoms with Gasteiger partial charge >= 0.3 is 101 Å². The van der Waals surface area contributed by atoms with Gasteiger partial charge in [0.25, 0.3) is 0 Å². The molecule has 0 amide bonds. The van der Waals surface area contributed by atoms with Crippen LogP contribution in [0.4, 0.5) is 0 Å². The van der Waals surface area contributed by atoms with Crippen LogP contribution in [0.15, 0.2) is 0 Å². The predicted octanol–water partition coefficient (Wildman–Crippen LogP) is 5.17. The first-order valence-electron chi connectivity index (χ1n) is 7.42. The summed E-state index contributed by atoms with van der Waals surface area (Å²) < 4.78 is 2.58. The number of hydrogen-bond donors (Lipinski definition) is 0. The monoisotopic (exact) mass is 264 g/mol. The summed E-state index contributed by atoms with van der Waals surface area (Å²) in [5, 5.41) is 0. The van der Waals surface area contributed by atoms with Gasteiger partial charge in [-0.3, -0.25) is 0 Å². The van der Waals surface area contributed by atoms with Crippen LogP contribution in [-0.2, 0) is 0 Å². The zero-order valence-corrected chi connectivity index (χ0v) is 12.9. The van der Waals surface area contributed by atoms with Gasteiger partial charge in [0.1, 0.15) is 0 Å². The third kappa shape index (κ3) is 3.29. The molecule has 2 aliphatic carbocycles. The van der Waals surface area contributed by atoms with Gasteiger partial charge in [0.2, 0.25) is 0 Å². The zero-order chi connectivity index (χ0) is 10.5. The summed E-state index contributed by atoms with van der Waals surface area (Å²) in [7, 11) is 0. The van der Waals surface area contributed by atoms with Crippen LogP contribution in [0.1, 0.15) is 71.1 Å². The van der Waals surface area contributed by atoms with E-state index in [1.54, 1.807) is 69.2 Å². The van der Waals surface area contributed by atoms with E-state index >= 15 is 0 Å². The summed E-state index contributed by atoms with van der Waals surface area (Å²) in [6, 6.07) is 0. The first-order valence-corrected chi connectivity index (χ1v) is 11.9. The molecule has 0 bridgehead atoms. The van der Waals surface area contributed by atoms with E-state index in [9.17, 15) is 0 Å². The Bertz CT molecular complexity index is 148. The van der Waals surface area contributed by atoms with Crippen molar-refractivity contribution in [3.05, 3.63) is 0 Å². The maximum atomic E-state index is 2.52. The molecule has 2 aliphatic rings. The number of rotatable bonds is 3. The normalized spacial score (nSPS) is 25.4. The van der Waals surface area contributed by atoms with E-state index in [0.717, 1.165) is 0 Å². The molecule has 0 atom stereocenters. The summed E-state index contributed by atoms with van der Waals surface area (Å²) in [5.74, 6) is 0. The molecule has 86 valence electrons. The van der Waals surface area contributed by atoms with Gasteiger partial charge < -0.3 is 0 Å². The van der Waals surface area contributed by atoms with Crippen molar-refractivity contribution in [1.29, 1.82) is 0 Å². The number of hydrogen-bond acceptors (Lipinski definition) is 0. The molecular weight excluding hydrogens is 238 g/mol. The molecule has 0 heterocycles. The molecule has 0 aliphatic heterocycles. The van der Waals surface area contributed by atoms with Gasteiger partial charge in [0.15, 0.2) is 0 Å². The van der Waals surface area contributed by atoms with Crippen LogP contribution in [0, 0.1) is 0 Å². The van der Waals surface area contributed by atoms with E-state index < -0.39 is 16.2 Å². The van der Waals surface area contributed by atoms with Crippen LogP contribution in [0.5, 0.6) is 0 Å². The molecule has 2 fully saturated rings. The standard InChI is InChI=1S/2C6H11.C2H5.Ga/c2*1-2-4-6-5-3-1;1-2;/h2*1H,2-6H2;1H2,2H3;. The van der Waals surface area contributed by atoms with E-state index in [4.69, 9.17) is 0 Å². The Labute approximate surface area is 101 Å². The van der Waals surface area contributed by atoms with E-state index in [2.05, 4.69) is 6.92 Å². The summed E-state index contributed by atoms with van der Waals surface area (Å²) >= 11 is -0.888. The Hall–Kier alpha value is 0.636. The molecule has 0 spiro atoms. The minimum atomic E-state index is -0.888. The van der Waals surface area contributed by atoms with Gasteiger partial charge in [0, 0.05) is 0 Å². The van der Waals surface area contributed by atoms with Crippen LogP contribution < -0.4 is 0 Å². The fourth-order valence-corrected chi connectivity index (χ4v) is 14.2. The molecule has 0 nitrogen and oxygen atoms in total. The molecule has 15 heavy (non-hydrogen) atoms. The molecule has 0 aromatic carbocycles. The first kappa shape index (κ1) is 12.1. The van der Waals surface area contributed by atoms with Gasteiger partial charge in [-0.15, -0.1) is 0 Å². The van der Waals surface area contributed by atoms with E-state index in [1.807, 2.05) is 0 Å². The van der Waals surface area contributed by atoms with E-state index in [-0.39, 0.29) is 0 Å². The van der Waals surface area contributed by atoms with Crippen molar-refractivity contribution in [3.8, 4) is 0 Å². The molecule has 0 aromatic rings. The maximum absolute atomic E-state index is 2.52. The summed E-state index contributed by atoms with van der Waals surface area (Å²) in [6.45, 7) is 2.52. The Balaban J connectivity index is 1.88. The van der Waals surface area contributed by atoms with Crippen molar-refractivity contribution in [2.75, 3.05) is 0 Å². The third-order valence-electron chi connectivity index (χ3n) is 4.98. The summed E-state index contributed by atoms with van der Waals surface area (Å²) in [5.41, 5.74) is 0. The zero-order valence-electron chi connectivity index (χ0n) is 10.5. The van der Waals surface area contributed by atoms with Gasteiger partial charge in [0.05, 0.1) is 0 Å². The molecule has 0 aromatic heterocycles. The molecule has 0 radical (unpaired) electrons. The Morgan fingerprint density at radius 1 is 0.733 bits per heavy atom. The van der Waals surface area contributed by atoms with Crippen LogP contribution >= 0.6 is 0 Å². The van der Waals surface area contributed by atoms with E-state index in [1.165, 1.54) is 8.94 Å². The van der Waals surface area contributed by atoms with Crippen LogP contribution in [-0.4, -0.2) is 16.2 Å². The average molecular weight is 265 g/mol. The quantitative estimate of drug-likeness (QED) is 0.617. The Morgan fingerprint density at radius 2 is 1.13 bits per heavy atom. The molecule has 0 N–H and O–H groups in total. The van der Waals surface area contributed by atoms with Crippen molar-refractivity contribution in [1.82, 2.24) is 0 Å². The predicted molar refractivity (Wildman–Crippen MR) is 69.9 cm³/mol. The first-order chi connectivity index (χ1) is 7.42. The molecule has 0 saturated heterocycles. The molecule has 2 rings (SSSR count). The Kier molecular flexibility index (Phi) is 5.16. The van der Waals surface area contributed by atoms with Crippen molar-refractivity contribution in [2.45, 2.75) is 85.1 Å². The summed E-state index contributed by atoms with van der Waals surface area (Å²) in [4.78, 5) is 1.64. The van der Waals surface area contributed by atoms with Crippen molar-refractivity contribution < 1.29 is 0 Å².